The third-order valence-electron chi connectivity index (χ3n) is 2.78. The second-order valence-corrected chi connectivity index (χ2v) is 4.17. The van der Waals surface area contributed by atoms with Gasteiger partial charge in [-0.05, 0) is 18.4 Å². The van der Waals surface area contributed by atoms with Crippen LogP contribution < -0.4 is 0 Å². The lowest BCUT2D eigenvalue weighted by molar-refractivity contribution is 0.0686. The average molecular weight is 261 g/mol. The Labute approximate surface area is 110 Å². The van der Waals surface area contributed by atoms with Crippen LogP contribution in [0.3, 0.4) is 0 Å². The van der Waals surface area contributed by atoms with Crippen LogP contribution in [0.2, 0.25) is 0 Å². The zero-order valence-corrected chi connectivity index (χ0v) is 10.6. The van der Waals surface area contributed by atoms with Crippen molar-refractivity contribution < 1.29 is 19.2 Å². The molecule has 2 rings (SSSR count). The Balaban J connectivity index is 2.06. The van der Waals surface area contributed by atoms with E-state index < -0.39 is 5.97 Å². The summed E-state index contributed by atoms with van der Waals surface area (Å²) in [7, 11) is 1.69. The van der Waals surface area contributed by atoms with Crippen LogP contribution in [0.1, 0.15) is 22.5 Å². The highest BCUT2D eigenvalue weighted by Crippen LogP contribution is 2.21. The largest absolute Gasteiger partial charge is 0.476 e. The fourth-order valence-electron chi connectivity index (χ4n) is 1.77. The van der Waals surface area contributed by atoms with Crippen molar-refractivity contribution in [3.05, 3.63) is 41.6 Å². The van der Waals surface area contributed by atoms with E-state index in [-0.39, 0.29) is 5.69 Å². The summed E-state index contributed by atoms with van der Waals surface area (Å²) in [6.07, 6.45) is 1.92. The lowest BCUT2D eigenvalue weighted by Gasteiger charge is -2.01. The van der Waals surface area contributed by atoms with E-state index in [1.54, 1.807) is 7.11 Å². The number of rotatable bonds is 6. The van der Waals surface area contributed by atoms with Gasteiger partial charge in [-0.15, -0.1) is 0 Å². The van der Waals surface area contributed by atoms with Crippen molar-refractivity contribution in [2.45, 2.75) is 12.8 Å². The van der Waals surface area contributed by atoms with Gasteiger partial charge in [-0.2, -0.15) is 0 Å². The summed E-state index contributed by atoms with van der Waals surface area (Å²) in [5, 5.41) is 12.3. The SMILES string of the molecule is COCCCc1ccc(-c2cc(C(=O)O)no2)cc1. The number of aryl methyl sites for hydroxylation is 1. The first-order valence-corrected chi connectivity index (χ1v) is 5.99. The Hall–Kier alpha value is -2.14. The average Bonchev–Trinajstić information content (AvgIpc) is 2.90. The number of hydrogen-bond donors (Lipinski definition) is 1. The Kier molecular flexibility index (Phi) is 4.30. The topological polar surface area (TPSA) is 72.6 Å². The first-order chi connectivity index (χ1) is 9.20. The molecule has 0 saturated carbocycles. The maximum atomic E-state index is 10.7. The number of carbonyl (C=O) groups is 1. The molecule has 0 atom stereocenters. The lowest BCUT2D eigenvalue weighted by atomic mass is 10.1. The fraction of sp³-hybridized carbons (Fsp3) is 0.286. The molecule has 1 heterocycles. The van der Waals surface area contributed by atoms with E-state index in [0.29, 0.717) is 5.76 Å². The normalized spacial score (nSPS) is 10.6. The molecule has 0 aliphatic heterocycles. The summed E-state index contributed by atoms with van der Waals surface area (Å²) in [6.45, 7) is 0.742. The number of ether oxygens (including phenoxy) is 1. The summed E-state index contributed by atoms with van der Waals surface area (Å²) in [4.78, 5) is 10.7. The summed E-state index contributed by atoms with van der Waals surface area (Å²) >= 11 is 0. The van der Waals surface area contributed by atoms with Crippen LogP contribution in [0.15, 0.2) is 34.9 Å². The third kappa shape index (κ3) is 3.42. The van der Waals surface area contributed by atoms with Gasteiger partial charge in [0.1, 0.15) is 0 Å². The van der Waals surface area contributed by atoms with Gasteiger partial charge in [0, 0.05) is 25.3 Å². The zero-order chi connectivity index (χ0) is 13.7. The summed E-state index contributed by atoms with van der Waals surface area (Å²) in [5.74, 6) is -0.632. The predicted octanol–water partition coefficient (Wildman–Crippen LogP) is 2.62. The second kappa shape index (κ2) is 6.15. The van der Waals surface area contributed by atoms with Gasteiger partial charge in [0.2, 0.25) is 0 Å². The Morgan fingerprint density at radius 2 is 2.11 bits per heavy atom. The van der Waals surface area contributed by atoms with Gasteiger partial charge in [0.05, 0.1) is 0 Å². The lowest BCUT2D eigenvalue weighted by Crippen LogP contribution is -1.94. The Morgan fingerprint density at radius 3 is 2.68 bits per heavy atom. The van der Waals surface area contributed by atoms with Crippen molar-refractivity contribution in [1.82, 2.24) is 5.16 Å². The van der Waals surface area contributed by atoms with E-state index in [1.165, 1.54) is 11.6 Å². The minimum absolute atomic E-state index is 0.0841. The fourth-order valence-corrected chi connectivity index (χ4v) is 1.77. The molecule has 5 heteroatoms. The van der Waals surface area contributed by atoms with Gasteiger partial charge >= 0.3 is 5.97 Å². The van der Waals surface area contributed by atoms with E-state index in [0.717, 1.165) is 25.0 Å². The molecule has 100 valence electrons. The summed E-state index contributed by atoms with van der Waals surface area (Å²) < 4.78 is 10.0. The van der Waals surface area contributed by atoms with Crippen LogP contribution >= 0.6 is 0 Å². The van der Waals surface area contributed by atoms with Crippen LogP contribution in [0.5, 0.6) is 0 Å². The molecule has 0 bridgehead atoms. The number of hydrogen-bond acceptors (Lipinski definition) is 4. The maximum Gasteiger partial charge on any atom is 0.358 e. The number of benzene rings is 1. The van der Waals surface area contributed by atoms with E-state index in [4.69, 9.17) is 14.4 Å². The van der Waals surface area contributed by atoms with Crippen LogP contribution in [-0.2, 0) is 11.2 Å². The number of aromatic nitrogens is 1. The quantitative estimate of drug-likeness (QED) is 0.809. The first kappa shape index (κ1) is 13.3. The van der Waals surface area contributed by atoms with Crippen molar-refractivity contribution in [1.29, 1.82) is 0 Å². The molecular weight excluding hydrogens is 246 g/mol. The van der Waals surface area contributed by atoms with Crippen molar-refractivity contribution in [3.63, 3.8) is 0 Å². The van der Waals surface area contributed by atoms with Crippen LogP contribution in [0, 0.1) is 0 Å². The Morgan fingerprint density at radius 1 is 1.37 bits per heavy atom. The van der Waals surface area contributed by atoms with E-state index >= 15 is 0 Å². The van der Waals surface area contributed by atoms with Crippen LogP contribution in [0.25, 0.3) is 11.3 Å². The molecule has 2 aromatic rings. The van der Waals surface area contributed by atoms with Gasteiger partial charge in [-0.25, -0.2) is 4.79 Å². The van der Waals surface area contributed by atoms with E-state index in [2.05, 4.69) is 5.16 Å². The number of nitrogens with zero attached hydrogens (tertiary/aromatic N) is 1. The molecule has 0 radical (unpaired) electrons. The Bertz CT molecular complexity index is 545. The summed E-state index contributed by atoms with van der Waals surface area (Å²) in [6, 6.07) is 9.20. The minimum atomic E-state index is -1.09. The molecule has 0 unspecified atom stereocenters. The van der Waals surface area contributed by atoms with Crippen molar-refractivity contribution >= 4 is 5.97 Å². The molecule has 1 aromatic heterocycles. The predicted molar refractivity (Wildman–Crippen MR) is 69.1 cm³/mol. The highest BCUT2D eigenvalue weighted by Gasteiger charge is 2.11. The summed E-state index contributed by atoms with van der Waals surface area (Å²) in [5.41, 5.74) is 1.94. The highest BCUT2D eigenvalue weighted by molar-refractivity contribution is 5.86. The highest BCUT2D eigenvalue weighted by atomic mass is 16.5. The first-order valence-electron chi connectivity index (χ1n) is 5.99. The molecule has 5 nitrogen and oxygen atoms in total. The van der Waals surface area contributed by atoms with E-state index in [1.807, 2.05) is 24.3 Å². The monoisotopic (exact) mass is 261 g/mol. The van der Waals surface area contributed by atoms with E-state index in [9.17, 15) is 4.79 Å². The maximum absolute atomic E-state index is 10.7. The van der Waals surface area contributed by atoms with Gasteiger partial charge in [-0.1, -0.05) is 29.4 Å². The number of carboxylic acids is 1. The standard InChI is InChI=1S/C14H15NO4/c1-18-8-2-3-10-4-6-11(7-5-10)13-9-12(14(16)17)15-19-13/h4-7,9H,2-3,8H2,1H3,(H,16,17). The molecule has 0 saturated heterocycles. The zero-order valence-electron chi connectivity index (χ0n) is 10.6. The minimum Gasteiger partial charge on any atom is -0.476 e. The molecule has 1 N–H and O–H groups in total. The van der Waals surface area contributed by atoms with Gasteiger partial charge in [0.15, 0.2) is 11.5 Å². The molecule has 0 amide bonds. The number of carboxylic acid groups (broad SMARTS) is 1. The molecule has 0 fully saturated rings. The van der Waals surface area contributed by atoms with Crippen molar-refractivity contribution in [2.24, 2.45) is 0 Å². The molecule has 0 aliphatic rings. The van der Waals surface area contributed by atoms with Crippen LogP contribution in [-0.4, -0.2) is 29.9 Å². The second-order valence-electron chi connectivity index (χ2n) is 4.17. The smallest absolute Gasteiger partial charge is 0.358 e. The molecule has 0 spiro atoms. The molecule has 19 heavy (non-hydrogen) atoms. The van der Waals surface area contributed by atoms with Crippen molar-refractivity contribution in [3.8, 4) is 11.3 Å². The number of methoxy groups -OCH3 is 1. The third-order valence-corrected chi connectivity index (χ3v) is 2.78. The van der Waals surface area contributed by atoms with Gasteiger partial charge in [0.25, 0.3) is 0 Å². The van der Waals surface area contributed by atoms with Gasteiger partial charge in [-0.3, -0.25) is 0 Å². The number of aromatic carboxylic acids is 1. The van der Waals surface area contributed by atoms with Crippen LogP contribution in [0.4, 0.5) is 0 Å². The molecular formula is C14H15NO4. The molecule has 1 aromatic carbocycles. The van der Waals surface area contributed by atoms with Gasteiger partial charge < -0.3 is 14.4 Å². The van der Waals surface area contributed by atoms with Crippen molar-refractivity contribution in [2.75, 3.05) is 13.7 Å². The molecule has 0 aliphatic carbocycles.